The molecule has 19 heteroatoms. The number of rotatable bonds is 10. The molecule has 0 bridgehead atoms. The molecule has 228 valence electrons. The molecule has 6 rings (SSSR count). The van der Waals surface area contributed by atoms with Crippen LogP contribution in [0.5, 0.6) is 5.88 Å². The highest BCUT2D eigenvalue weighted by Crippen LogP contribution is 2.50. The Labute approximate surface area is 239 Å². The lowest BCUT2D eigenvalue weighted by atomic mass is 9.92. The number of anilines is 3. The SMILES string of the molecule is Cn1nc(OC(F)F)cc1Nc1nncn1[C@H]1CCc2sc(NC(=O)C3CC3(F)F)c(S(=O)(=O)N[C@H]3C[C@H](F)C3)c2C1. The third kappa shape index (κ3) is 5.56. The topological polar surface area (TPSA) is 145 Å². The predicted octanol–water partition coefficient (Wildman–Crippen LogP) is 3.52. The second kappa shape index (κ2) is 10.4. The summed E-state index contributed by atoms with van der Waals surface area (Å²) in [6.07, 6.45) is 0.792. The number of halogens is 5. The van der Waals surface area contributed by atoms with E-state index >= 15 is 0 Å². The number of amides is 1. The summed E-state index contributed by atoms with van der Waals surface area (Å²) >= 11 is 1.02. The number of carbonyl (C=O) groups is 1. The Morgan fingerprint density at radius 1 is 1.29 bits per heavy atom. The zero-order chi connectivity index (χ0) is 30.0. The zero-order valence-electron chi connectivity index (χ0n) is 21.9. The number of nitrogens with one attached hydrogen (secondary N) is 3. The standard InChI is InChI=1S/C23H25F5N8O4S2/c1-35-16(7-17(33-35)40-21(25)26)30-22-32-29-9-36(22)12-2-3-15-13(6-12)18(42(38,39)34-11-4-10(24)5-11)20(41-15)31-19(37)14-8-23(14,27)28/h7,9-12,14,21,34H,2-6,8H2,1H3,(H,30,32)(H,31,37)/t10-,11-,12-,14?/m0/s1. The van der Waals surface area contributed by atoms with E-state index in [1.807, 2.05) is 0 Å². The molecule has 2 saturated carbocycles. The summed E-state index contributed by atoms with van der Waals surface area (Å²) in [5.41, 5.74) is 0.408. The van der Waals surface area contributed by atoms with Crippen LogP contribution in [-0.2, 0) is 34.7 Å². The molecule has 0 saturated heterocycles. The zero-order valence-corrected chi connectivity index (χ0v) is 23.5. The molecular weight excluding hydrogens is 611 g/mol. The van der Waals surface area contributed by atoms with E-state index in [1.54, 1.807) is 4.57 Å². The van der Waals surface area contributed by atoms with E-state index in [-0.39, 0.29) is 52.8 Å². The molecule has 0 aromatic carbocycles. The van der Waals surface area contributed by atoms with Gasteiger partial charge in [-0.2, -0.15) is 8.78 Å². The fourth-order valence-electron chi connectivity index (χ4n) is 5.18. The highest BCUT2D eigenvalue weighted by Gasteiger charge is 2.61. The van der Waals surface area contributed by atoms with E-state index in [1.165, 1.54) is 24.1 Å². The monoisotopic (exact) mass is 636 g/mol. The van der Waals surface area contributed by atoms with E-state index < -0.39 is 53.0 Å². The number of alkyl halides is 5. The molecule has 3 aromatic heterocycles. The summed E-state index contributed by atoms with van der Waals surface area (Å²) < 4.78 is 103. The highest BCUT2D eigenvalue weighted by atomic mass is 32.2. The van der Waals surface area contributed by atoms with Crippen LogP contribution in [-0.4, -0.2) is 63.6 Å². The number of nitrogens with zero attached hydrogens (tertiary/aromatic N) is 5. The molecule has 3 aliphatic rings. The van der Waals surface area contributed by atoms with E-state index in [0.717, 1.165) is 11.3 Å². The molecule has 3 aromatic rings. The van der Waals surface area contributed by atoms with Crippen LogP contribution in [0.4, 0.5) is 38.7 Å². The third-order valence-electron chi connectivity index (χ3n) is 7.51. The van der Waals surface area contributed by atoms with Crippen LogP contribution in [0.3, 0.4) is 0 Å². The molecule has 0 aliphatic heterocycles. The van der Waals surface area contributed by atoms with Gasteiger partial charge >= 0.3 is 6.61 Å². The molecule has 3 N–H and O–H groups in total. The van der Waals surface area contributed by atoms with Gasteiger partial charge in [-0.05, 0) is 37.7 Å². The Balaban J connectivity index is 1.28. The molecule has 1 amide bonds. The maximum absolute atomic E-state index is 13.6. The number of aryl methyl sites for hydroxylation is 2. The van der Waals surface area contributed by atoms with Gasteiger partial charge in [0.2, 0.25) is 27.8 Å². The van der Waals surface area contributed by atoms with Crippen LogP contribution in [0.2, 0.25) is 0 Å². The number of fused-ring (bicyclic) bond motifs is 1. The Bertz CT molecular complexity index is 1620. The van der Waals surface area contributed by atoms with Crippen LogP contribution in [0, 0.1) is 5.92 Å². The highest BCUT2D eigenvalue weighted by molar-refractivity contribution is 7.90. The second-order valence-electron chi connectivity index (χ2n) is 10.5. The normalized spacial score (nSPS) is 24.6. The van der Waals surface area contributed by atoms with Gasteiger partial charge in [-0.15, -0.1) is 26.6 Å². The second-order valence-corrected chi connectivity index (χ2v) is 13.3. The van der Waals surface area contributed by atoms with Gasteiger partial charge in [0.1, 0.15) is 34.1 Å². The van der Waals surface area contributed by atoms with Crippen molar-refractivity contribution in [3.8, 4) is 5.88 Å². The predicted molar refractivity (Wildman–Crippen MR) is 138 cm³/mol. The molecule has 0 spiro atoms. The van der Waals surface area contributed by atoms with Gasteiger partial charge in [0.15, 0.2) is 0 Å². The summed E-state index contributed by atoms with van der Waals surface area (Å²) in [5.74, 6) is -5.45. The minimum Gasteiger partial charge on any atom is -0.415 e. The molecule has 1 unspecified atom stereocenters. The van der Waals surface area contributed by atoms with Crippen LogP contribution in [0.15, 0.2) is 17.3 Å². The van der Waals surface area contributed by atoms with Crippen molar-refractivity contribution in [3.63, 3.8) is 0 Å². The van der Waals surface area contributed by atoms with Crippen molar-refractivity contribution in [1.82, 2.24) is 29.3 Å². The van der Waals surface area contributed by atoms with Crippen molar-refractivity contribution < 1.29 is 39.9 Å². The summed E-state index contributed by atoms with van der Waals surface area (Å²) in [6, 6.07) is 0.252. The molecular formula is C23H25F5N8O4S2. The van der Waals surface area contributed by atoms with Crippen LogP contribution in [0.1, 0.15) is 42.2 Å². The van der Waals surface area contributed by atoms with Gasteiger partial charge in [0, 0.05) is 36.5 Å². The van der Waals surface area contributed by atoms with Crippen molar-refractivity contribution in [2.45, 2.75) is 74.2 Å². The first-order valence-electron chi connectivity index (χ1n) is 13.0. The average molecular weight is 637 g/mol. The fraction of sp³-hybridized carbons (Fsp3) is 0.565. The number of ether oxygens (including phenoxy) is 1. The van der Waals surface area contributed by atoms with E-state index in [9.17, 15) is 35.2 Å². The largest absolute Gasteiger partial charge is 0.415 e. The summed E-state index contributed by atoms with van der Waals surface area (Å²) in [7, 11) is -2.76. The van der Waals surface area contributed by atoms with Crippen molar-refractivity contribution in [3.05, 3.63) is 22.8 Å². The maximum Gasteiger partial charge on any atom is 0.388 e. The van der Waals surface area contributed by atoms with E-state index in [0.29, 0.717) is 23.3 Å². The van der Waals surface area contributed by atoms with Gasteiger partial charge in [-0.25, -0.2) is 31.0 Å². The quantitative estimate of drug-likeness (QED) is 0.287. The van der Waals surface area contributed by atoms with Crippen LogP contribution in [0.25, 0.3) is 0 Å². The lowest BCUT2D eigenvalue weighted by molar-refractivity contribution is -0.119. The molecule has 42 heavy (non-hydrogen) atoms. The number of carbonyl (C=O) groups excluding carboxylic acids is 1. The first kappa shape index (κ1) is 28.8. The smallest absolute Gasteiger partial charge is 0.388 e. The summed E-state index contributed by atoms with van der Waals surface area (Å²) in [6.45, 7) is -3.06. The number of aromatic nitrogens is 5. The first-order chi connectivity index (χ1) is 19.8. The number of hydrogen-bond acceptors (Lipinski definition) is 9. The van der Waals surface area contributed by atoms with Crippen molar-refractivity contribution in [2.24, 2.45) is 13.0 Å². The lowest BCUT2D eigenvalue weighted by Crippen LogP contribution is -2.45. The molecule has 3 aliphatic carbocycles. The van der Waals surface area contributed by atoms with Crippen LogP contribution < -0.4 is 20.1 Å². The molecule has 3 heterocycles. The van der Waals surface area contributed by atoms with Crippen molar-refractivity contribution in [1.29, 1.82) is 0 Å². The lowest BCUT2D eigenvalue weighted by Gasteiger charge is -2.30. The fourth-order valence-corrected chi connectivity index (χ4v) is 8.42. The molecule has 12 nitrogen and oxygen atoms in total. The Morgan fingerprint density at radius 2 is 2.02 bits per heavy atom. The van der Waals surface area contributed by atoms with Gasteiger partial charge in [-0.3, -0.25) is 9.36 Å². The Hall–Kier alpha value is -3.32. The molecule has 2 atom stereocenters. The average Bonchev–Trinajstić information content (AvgIpc) is 3.23. The molecule has 0 radical (unpaired) electrons. The minimum absolute atomic E-state index is 0.0119. The summed E-state index contributed by atoms with van der Waals surface area (Å²) in [5, 5.41) is 17.2. The van der Waals surface area contributed by atoms with E-state index in [2.05, 4.69) is 35.4 Å². The van der Waals surface area contributed by atoms with Crippen molar-refractivity contribution in [2.75, 3.05) is 10.6 Å². The molecule has 2 fully saturated rings. The van der Waals surface area contributed by atoms with Gasteiger partial charge in [0.05, 0.1) is 0 Å². The minimum atomic E-state index is -4.27. The first-order valence-corrected chi connectivity index (χ1v) is 15.3. The number of hydrogen-bond donors (Lipinski definition) is 3. The Kier molecular flexibility index (Phi) is 7.16. The number of thiophene rings is 1. The van der Waals surface area contributed by atoms with Gasteiger partial charge in [0.25, 0.3) is 5.92 Å². The van der Waals surface area contributed by atoms with Crippen LogP contribution >= 0.6 is 11.3 Å². The van der Waals surface area contributed by atoms with Crippen molar-refractivity contribution >= 4 is 44.0 Å². The summed E-state index contributed by atoms with van der Waals surface area (Å²) in [4.78, 5) is 13.0. The number of sulfonamides is 1. The van der Waals surface area contributed by atoms with E-state index in [4.69, 9.17) is 0 Å². The Morgan fingerprint density at radius 3 is 2.69 bits per heavy atom. The van der Waals surface area contributed by atoms with Gasteiger partial charge in [-0.1, -0.05) is 0 Å². The maximum atomic E-state index is 13.6. The third-order valence-corrected chi connectivity index (χ3v) is 10.5. The van der Waals surface area contributed by atoms with Gasteiger partial charge < -0.3 is 15.4 Å².